The normalized spacial score (nSPS) is 11.0. The molecule has 1 aromatic heterocycles. The zero-order chi connectivity index (χ0) is 26.4. The van der Waals surface area contributed by atoms with E-state index in [1.165, 1.54) is 24.5 Å². The van der Waals surface area contributed by atoms with Crippen LogP contribution in [0.25, 0.3) is 17.0 Å². The van der Waals surface area contributed by atoms with Gasteiger partial charge in [-0.15, -0.1) is 0 Å². The van der Waals surface area contributed by atoms with Crippen molar-refractivity contribution in [3.63, 3.8) is 0 Å². The van der Waals surface area contributed by atoms with Crippen molar-refractivity contribution in [2.24, 2.45) is 0 Å². The van der Waals surface area contributed by atoms with E-state index >= 15 is 0 Å². The van der Waals surface area contributed by atoms with Crippen LogP contribution in [-0.2, 0) is 4.79 Å². The number of aryl methyl sites for hydroxylation is 2. The van der Waals surface area contributed by atoms with E-state index in [4.69, 9.17) is 23.4 Å². The summed E-state index contributed by atoms with van der Waals surface area (Å²) >= 11 is 0. The summed E-state index contributed by atoms with van der Waals surface area (Å²) in [7, 11) is 0. The lowest BCUT2D eigenvalue weighted by atomic mass is 10.1. The van der Waals surface area contributed by atoms with Gasteiger partial charge in [-0.1, -0.05) is 12.1 Å². The Morgan fingerprint density at radius 2 is 1.57 bits per heavy atom. The summed E-state index contributed by atoms with van der Waals surface area (Å²) in [5.74, 6) is 1.54. The van der Waals surface area contributed by atoms with Crippen molar-refractivity contribution in [3.05, 3.63) is 93.9 Å². The number of hydrogen-bond acceptors (Lipinski definition) is 7. The van der Waals surface area contributed by atoms with Gasteiger partial charge in [0.1, 0.15) is 23.3 Å². The first-order valence-electron chi connectivity index (χ1n) is 12.0. The van der Waals surface area contributed by atoms with Gasteiger partial charge in [-0.2, -0.15) is 0 Å². The number of carbonyl (C=O) groups is 1. The minimum atomic E-state index is -0.580. The van der Waals surface area contributed by atoms with Crippen LogP contribution in [0.4, 0.5) is 0 Å². The van der Waals surface area contributed by atoms with Crippen LogP contribution in [0, 0.1) is 13.8 Å². The van der Waals surface area contributed by atoms with Gasteiger partial charge < -0.3 is 23.4 Å². The van der Waals surface area contributed by atoms with E-state index in [0.29, 0.717) is 35.8 Å². The molecule has 0 saturated heterocycles. The van der Waals surface area contributed by atoms with Gasteiger partial charge >= 0.3 is 5.97 Å². The molecule has 0 aliphatic heterocycles. The molecule has 0 saturated carbocycles. The van der Waals surface area contributed by atoms with E-state index in [1.54, 1.807) is 24.3 Å². The molecule has 3 aromatic carbocycles. The summed E-state index contributed by atoms with van der Waals surface area (Å²) < 4.78 is 28.0. The van der Waals surface area contributed by atoms with Crippen LogP contribution in [0.15, 0.2) is 76.1 Å². The SMILES string of the molecule is CCOc1ccc(C=CC(=O)Oc2ccc3c(=O)c(Oc4cc(C)cc(C)c4)coc3c2)cc1OCC. The summed E-state index contributed by atoms with van der Waals surface area (Å²) in [4.78, 5) is 25.3. The third kappa shape index (κ3) is 6.38. The highest BCUT2D eigenvalue weighted by Gasteiger charge is 2.12. The molecule has 0 N–H and O–H groups in total. The first-order valence-corrected chi connectivity index (χ1v) is 12.0. The molecule has 4 rings (SSSR count). The molecular formula is C30H28O7. The molecule has 0 amide bonds. The first-order chi connectivity index (χ1) is 17.9. The lowest BCUT2D eigenvalue weighted by Gasteiger charge is -2.11. The zero-order valence-corrected chi connectivity index (χ0v) is 21.2. The third-order valence-electron chi connectivity index (χ3n) is 5.34. The molecule has 0 aliphatic carbocycles. The zero-order valence-electron chi connectivity index (χ0n) is 21.2. The molecule has 1 heterocycles. The van der Waals surface area contributed by atoms with E-state index in [1.807, 2.05) is 52.0 Å². The van der Waals surface area contributed by atoms with Crippen molar-refractivity contribution in [1.82, 2.24) is 0 Å². The van der Waals surface area contributed by atoms with Crippen molar-refractivity contribution in [1.29, 1.82) is 0 Å². The minimum Gasteiger partial charge on any atom is -0.490 e. The monoisotopic (exact) mass is 500 g/mol. The molecule has 0 aliphatic rings. The maximum atomic E-state index is 12.9. The smallest absolute Gasteiger partial charge is 0.336 e. The van der Waals surface area contributed by atoms with Crippen LogP contribution >= 0.6 is 0 Å². The average Bonchev–Trinajstić information content (AvgIpc) is 2.85. The Labute approximate surface area is 214 Å². The number of esters is 1. The Bertz CT molecular complexity index is 1490. The molecule has 7 nitrogen and oxygen atoms in total. The van der Waals surface area contributed by atoms with Crippen LogP contribution < -0.4 is 24.4 Å². The number of carbonyl (C=O) groups excluding carboxylic acids is 1. The van der Waals surface area contributed by atoms with Crippen LogP contribution in [0.1, 0.15) is 30.5 Å². The summed E-state index contributed by atoms with van der Waals surface area (Å²) in [5.41, 5.74) is 2.76. The topological polar surface area (TPSA) is 84.2 Å². The predicted molar refractivity (Wildman–Crippen MR) is 142 cm³/mol. The summed E-state index contributed by atoms with van der Waals surface area (Å²) in [6.07, 6.45) is 4.20. The van der Waals surface area contributed by atoms with Crippen molar-refractivity contribution in [2.45, 2.75) is 27.7 Å². The highest BCUT2D eigenvalue weighted by Crippen LogP contribution is 2.29. The maximum absolute atomic E-state index is 12.9. The fourth-order valence-electron chi connectivity index (χ4n) is 3.83. The number of rotatable bonds is 9. The maximum Gasteiger partial charge on any atom is 0.336 e. The van der Waals surface area contributed by atoms with Gasteiger partial charge in [-0.3, -0.25) is 4.79 Å². The van der Waals surface area contributed by atoms with Gasteiger partial charge in [0, 0.05) is 12.1 Å². The molecule has 0 unspecified atom stereocenters. The average molecular weight is 501 g/mol. The minimum absolute atomic E-state index is 0.0759. The Kier molecular flexibility index (Phi) is 7.93. The number of hydrogen-bond donors (Lipinski definition) is 0. The van der Waals surface area contributed by atoms with Crippen molar-refractivity contribution in [3.8, 4) is 28.7 Å². The lowest BCUT2D eigenvalue weighted by Crippen LogP contribution is -2.06. The number of fused-ring (bicyclic) bond motifs is 1. The fourth-order valence-corrected chi connectivity index (χ4v) is 3.83. The Hall–Kier alpha value is -4.52. The Morgan fingerprint density at radius 3 is 2.30 bits per heavy atom. The number of ether oxygens (including phenoxy) is 4. The Balaban J connectivity index is 1.48. The largest absolute Gasteiger partial charge is 0.490 e. The van der Waals surface area contributed by atoms with Crippen LogP contribution in [0.5, 0.6) is 28.7 Å². The summed E-state index contributed by atoms with van der Waals surface area (Å²) in [6, 6.07) is 15.7. The van der Waals surface area contributed by atoms with E-state index in [2.05, 4.69) is 0 Å². The lowest BCUT2D eigenvalue weighted by molar-refractivity contribution is -0.128. The second-order valence-corrected chi connectivity index (χ2v) is 8.34. The molecule has 0 bridgehead atoms. The Morgan fingerprint density at radius 1 is 0.838 bits per heavy atom. The quantitative estimate of drug-likeness (QED) is 0.145. The molecule has 0 atom stereocenters. The van der Waals surface area contributed by atoms with Gasteiger partial charge in [0.15, 0.2) is 11.5 Å². The van der Waals surface area contributed by atoms with E-state index in [0.717, 1.165) is 16.7 Å². The molecule has 0 radical (unpaired) electrons. The molecule has 0 fully saturated rings. The summed E-state index contributed by atoms with van der Waals surface area (Å²) in [6.45, 7) is 8.71. The highest BCUT2D eigenvalue weighted by atomic mass is 16.5. The fraction of sp³-hybridized carbons (Fsp3) is 0.200. The van der Waals surface area contributed by atoms with Gasteiger partial charge in [-0.05, 0) is 86.9 Å². The number of benzene rings is 3. The van der Waals surface area contributed by atoms with E-state index in [9.17, 15) is 9.59 Å². The van der Waals surface area contributed by atoms with Gasteiger partial charge in [-0.25, -0.2) is 4.79 Å². The highest BCUT2D eigenvalue weighted by molar-refractivity contribution is 5.89. The van der Waals surface area contributed by atoms with Gasteiger partial charge in [0.25, 0.3) is 0 Å². The van der Waals surface area contributed by atoms with Crippen LogP contribution in [-0.4, -0.2) is 19.2 Å². The predicted octanol–water partition coefficient (Wildman–Crippen LogP) is 6.62. The molecule has 190 valence electrons. The molecular weight excluding hydrogens is 472 g/mol. The van der Waals surface area contributed by atoms with Crippen molar-refractivity contribution >= 4 is 23.0 Å². The second-order valence-electron chi connectivity index (χ2n) is 8.34. The van der Waals surface area contributed by atoms with Gasteiger partial charge in [0.05, 0.1) is 18.6 Å². The van der Waals surface area contributed by atoms with Crippen LogP contribution in [0.2, 0.25) is 0 Å². The van der Waals surface area contributed by atoms with E-state index < -0.39 is 5.97 Å². The second kappa shape index (κ2) is 11.5. The molecule has 4 aromatic rings. The van der Waals surface area contributed by atoms with Crippen LogP contribution in [0.3, 0.4) is 0 Å². The molecule has 0 spiro atoms. The standard InChI is InChI=1S/C30H28O7/c1-5-33-25-11-7-21(16-27(25)34-6-2)8-12-29(31)37-22-9-10-24-26(17-22)35-18-28(30(24)32)36-23-14-19(3)13-20(4)15-23/h7-18H,5-6H2,1-4H3. The molecule has 37 heavy (non-hydrogen) atoms. The molecule has 7 heteroatoms. The van der Waals surface area contributed by atoms with Crippen molar-refractivity contribution in [2.75, 3.05) is 13.2 Å². The first kappa shape index (κ1) is 25.6. The van der Waals surface area contributed by atoms with Gasteiger partial charge in [0.2, 0.25) is 11.2 Å². The third-order valence-corrected chi connectivity index (χ3v) is 5.34. The summed E-state index contributed by atoms with van der Waals surface area (Å²) in [5, 5.41) is 0.315. The van der Waals surface area contributed by atoms with E-state index in [-0.39, 0.29) is 22.5 Å². The van der Waals surface area contributed by atoms with Crippen molar-refractivity contribution < 1.29 is 28.2 Å².